The Hall–Kier alpha value is -3.29. The van der Waals surface area contributed by atoms with Gasteiger partial charge in [-0.3, -0.25) is 14.7 Å². The number of nitrogens with one attached hydrogen (secondary N) is 1. The quantitative estimate of drug-likeness (QED) is 0.455. The third kappa shape index (κ3) is 4.35. The summed E-state index contributed by atoms with van der Waals surface area (Å²) in [4.78, 5) is 21.4. The molecule has 162 valence electrons. The molecule has 3 aromatic heterocycles. The summed E-state index contributed by atoms with van der Waals surface area (Å²) in [6.45, 7) is 2.72. The molecular weight excluding hydrogens is 418 g/mol. The Labute approximate surface area is 191 Å². The first-order chi connectivity index (χ1) is 15.8. The SMILES string of the molecule is O=C(NC[C@@H](c1cccs1)N1CCCC1)c1cn(-c2ccccc2)nc1-c1cccnc1. The van der Waals surface area contributed by atoms with Crippen LogP contribution in [0.4, 0.5) is 0 Å². The highest BCUT2D eigenvalue weighted by atomic mass is 32.1. The normalized spacial score (nSPS) is 15.0. The fourth-order valence-electron chi connectivity index (χ4n) is 4.20. The maximum atomic E-state index is 13.4. The van der Waals surface area contributed by atoms with Gasteiger partial charge in [-0.1, -0.05) is 24.3 Å². The van der Waals surface area contributed by atoms with Crippen LogP contribution in [-0.4, -0.2) is 45.2 Å². The van der Waals surface area contributed by atoms with E-state index in [1.54, 1.807) is 28.4 Å². The highest BCUT2D eigenvalue weighted by Gasteiger charge is 2.26. The molecule has 1 aliphatic rings. The molecule has 5 rings (SSSR count). The predicted octanol–water partition coefficient (Wildman–Crippen LogP) is 4.56. The average Bonchev–Trinajstić information content (AvgIpc) is 3.63. The molecule has 1 fully saturated rings. The molecule has 4 heterocycles. The summed E-state index contributed by atoms with van der Waals surface area (Å²) in [6, 6.07) is 18.1. The van der Waals surface area contributed by atoms with E-state index in [0.717, 1.165) is 24.3 Å². The largest absolute Gasteiger partial charge is 0.350 e. The van der Waals surface area contributed by atoms with Gasteiger partial charge in [-0.15, -0.1) is 11.3 Å². The summed E-state index contributed by atoms with van der Waals surface area (Å²) in [7, 11) is 0. The number of hydrogen-bond donors (Lipinski definition) is 1. The Bertz CT molecular complexity index is 1150. The first-order valence-corrected chi connectivity index (χ1v) is 11.8. The van der Waals surface area contributed by atoms with E-state index in [-0.39, 0.29) is 11.9 Å². The molecule has 1 atom stereocenters. The second-order valence-electron chi connectivity index (χ2n) is 7.90. The lowest BCUT2D eigenvalue weighted by molar-refractivity contribution is 0.0939. The maximum Gasteiger partial charge on any atom is 0.255 e. The number of carbonyl (C=O) groups excluding carboxylic acids is 1. The number of pyridine rings is 1. The van der Waals surface area contributed by atoms with Gasteiger partial charge in [0.2, 0.25) is 0 Å². The van der Waals surface area contributed by atoms with Crippen molar-refractivity contribution in [2.75, 3.05) is 19.6 Å². The van der Waals surface area contributed by atoms with Gasteiger partial charge in [0.1, 0.15) is 5.69 Å². The van der Waals surface area contributed by atoms with Crippen LogP contribution < -0.4 is 5.32 Å². The lowest BCUT2D eigenvalue weighted by Gasteiger charge is -2.26. The molecule has 7 heteroatoms. The summed E-state index contributed by atoms with van der Waals surface area (Å²) in [5.74, 6) is -0.119. The third-order valence-electron chi connectivity index (χ3n) is 5.82. The lowest BCUT2D eigenvalue weighted by Crippen LogP contribution is -2.36. The summed E-state index contributed by atoms with van der Waals surface area (Å²) in [5.41, 5.74) is 2.91. The van der Waals surface area contributed by atoms with Crippen LogP contribution in [0.1, 0.15) is 34.1 Å². The van der Waals surface area contributed by atoms with Crippen LogP contribution in [0, 0.1) is 0 Å². The first-order valence-electron chi connectivity index (χ1n) is 10.9. The van der Waals surface area contributed by atoms with E-state index in [4.69, 9.17) is 5.10 Å². The van der Waals surface area contributed by atoms with Crippen LogP contribution in [-0.2, 0) is 0 Å². The fourth-order valence-corrected chi connectivity index (χ4v) is 5.06. The molecule has 0 aliphatic carbocycles. The molecule has 1 N–H and O–H groups in total. The lowest BCUT2D eigenvalue weighted by atomic mass is 10.1. The van der Waals surface area contributed by atoms with Crippen molar-refractivity contribution < 1.29 is 4.79 Å². The highest BCUT2D eigenvalue weighted by Crippen LogP contribution is 2.28. The minimum atomic E-state index is -0.119. The summed E-state index contributed by atoms with van der Waals surface area (Å²) >= 11 is 1.75. The Morgan fingerprint density at radius 1 is 1.06 bits per heavy atom. The molecular formula is C25H25N5OS. The molecule has 32 heavy (non-hydrogen) atoms. The molecule has 1 saturated heterocycles. The minimum absolute atomic E-state index is 0.119. The van der Waals surface area contributed by atoms with Crippen LogP contribution in [0.5, 0.6) is 0 Å². The second-order valence-corrected chi connectivity index (χ2v) is 8.88. The number of para-hydroxylation sites is 1. The molecule has 0 spiro atoms. The van der Waals surface area contributed by atoms with E-state index in [0.29, 0.717) is 17.8 Å². The highest BCUT2D eigenvalue weighted by molar-refractivity contribution is 7.10. The molecule has 1 aliphatic heterocycles. The summed E-state index contributed by atoms with van der Waals surface area (Å²) in [5, 5.41) is 10.0. The number of hydrogen-bond acceptors (Lipinski definition) is 5. The van der Waals surface area contributed by atoms with Crippen molar-refractivity contribution in [1.29, 1.82) is 0 Å². The van der Waals surface area contributed by atoms with Crippen LogP contribution >= 0.6 is 11.3 Å². The topological polar surface area (TPSA) is 63.1 Å². The van der Waals surface area contributed by atoms with Crippen LogP contribution in [0.2, 0.25) is 0 Å². The van der Waals surface area contributed by atoms with E-state index in [2.05, 4.69) is 32.7 Å². The summed E-state index contributed by atoms with van der Waals surface area (Å²) < 4.78 is 1.76. The van der Waals surface area contributed by atoms with Crippen molar-refractivity contribution in [3.63, 3.8) is 0 Å². The zero-order chi connectivity index (χ0) is 21.8. The molecule has 4 aromatic rings. The molecule has 1 aromatic carbocycles. The predicted molar refractivity (Wildman–Crippen MR) is 127 cm³/mol. The van der Waals surface area contributed by atoms with Gasteiger partial charge in [0.05, 0.1) is 17.3 Å². The van der Waals surface area contributed by atoms with Crippen molar-refractivity contribution in [1.82, 2.24) is 25.0 Å². The van der Waals surface area contributed by atoms with Crippen molar-refractivity contribution in [3.8, 4) is 16.9 Å². The van der Waals surface area contributed by atoms with Gasteiger partial charge in [0.25, 0.3) is 5.91 Å². The standard InChI is InChI=1S/C25H25N5OS/c31-25(27-17-22(23-11-7-15-32-23)29-13-4-5-14-29)21-18-30(20-9-2-1-3-10-20)28-24(21)19-8-6-12-26-16-19/h1-3,6-12,15-16,18,22H,4-5,13-14,17H2,(H,27,31)/t22-/m0/s1. The number of amides is 1. The fraction of sp³-hybridized carbons (Fsp3) is 0.240. The van der Waals surface area contributed by atoms with E-state index in [1.165, 1.54) is 17.7 Å². The van der Waals surface area contributed by atoms with E-state index >= 15 is 0 Å². The van der Waals surface area contributed by atoms with Gasteiger partial charge in [-0.2, -0.15) is 5.10 Å². The van der Waals surface area contributed by atoms with Crippen LogP contribution in [0.25, 0.3) is 16.9 Å². The monoisotopic (exact) mass is 443 g/mol. The van der Waals surface area contributed by atoms with Gasteiger partial charge in [0, 0.05) is 35.6 Å². The van der Waals surface area contributed by atoms with Gasteiger partial charge in [-0.05, 0) is 61.6 Å². The van der Waals surface area contributed by atoms with Crippen molar-refractivity contribution in [2.45, 2.75) is 18.9 Å². The molecule has 0 saturated carbocycles. The van der Waals surface area contributed by atoms with Crippen molar-refractivity contribution >= 4 is 17.2 Å². The number of thiophene rings is 1. The van der Waals surface area contributed by atoms with Crippen molar-refractivity contribution in [3.05, 3.63) is 89.0 Å². The minimum Gasteiger partial charge on any atom is -0.350 e. The molecule has 6 nitrogen and oxygen atoms in total. The number of benzene rings is 1. The average molecular weight is 444 g/mol. The van der Waals surface area contributed by atoms with E-state index in [1.807, 2.05) is 48.7 Å². The molecule has 0 unspecified atom stereocenters. The summed E-state index contributed by atoms with van der Waals surface area (Å²) in [6.07, 6.45) is 7.70. The van der Waals surface area contributed by atoms with Gasteiger partial charge >= 0.3 is 0 Å². The van der Waals surface area contributed by atoms with Crippen LogP contribution in [0.15, 0.2) is 78.6 Å². The molecule has 0 radical (unpaired) electrons. The van der Waals surface area contributed by atoms with Crippen LogP contribution in [0.3, 0.4) is 0 Å². The Morgan fingerprint density at radius 3 is 2.62 bits per heavy atom. The number of rotatable bonds is 7. The number of aromatic nitrogens is 3. The van der Waals surface area contributed by atoms with Gasteiger partial charge in [0.15, 0.2) is 0 Å². The number of likely N-dealkylation sites (tertiary alicyclic amines) is 1. The van der Waals surface area contributed by atoms with Gasteiger partial charge < -0.3 is 5.32 Å². The van der Waals surface area contributed by atoms with E-state index < -0.39 is 0 Å². The van der Waals surface area contributed by atoms with Crippen molar-refractivity contribution in [2.24, 2.45) is 0 Å². The van der Waals surface area contributed by atoms with Gasteiger partial charge in [-0.25, -0.2) is 4.68 Å². The van der Waals surface area contributed by atoms with E-state index in [9.17, 15) is 4.79 Å². The third-order valence-corrected chi connectivity index (χ3v) is 6.80. The first kappa shape index (κ1) is 20.6. The number of nitrogens with zero attached hydrogens (tertiary/aromatic N) is 4. The zero-order valence-corrected chi connectivity index (χ0v) is 18.5. The zero-order valence-electron chi connectivity index (χ0n) is 17.7. The number of carbonyl (C=O) groups is 1. The molecule has 1 amide bonds. The Morgan fingerprint density at radius 2 is 1.91 bits per heavy atom. The second kappa shape index (κ2) is 9.46. The Kier molecular flexibility index (Phi) is 6.09. The maximum absolute atomic E-state index is 13.4. The Balaban J connectivity index is 1.42. The molecule has 0 bridgehead atoms. The smallest absolute Gasteiger partial charge is 0.255 e.